The van der Waals surface area contributed by atoms with E-state index in [4.69, 9.17) is 21.2 Å². The van der Waals surface area contributed by atoms with Gasteiger partial charge in [-0.25, -0.2) is 4.79 Å². The van der Waals surface area contributed by atoms with Crippen molar-refractivity contribution >= 4 is 29.2 Å². The Bertz CT molecular complexity index is 685. The molecule has 0 heterocycles. The van der Waals surface area contributed by atoms with E-state index in [1.54, 1.807) is 36.4 Å². The molecule has 0 fully saturated rings. The molecular weight excluding hydrogens is 306 g/mol. The summed E-state index contributed by atoms with van der Waals surface area (Å²) in [6.45, 7) is 2.53. The third kappa shape index (κ3) is 3.99. The van der Waals surface area contributed by atoms with Crippen molar-refractivity contribution in [3.8, 4) is 11.5 Å². The fourth-order valence-corrected chi connectivity index (χ4v) is 1.91. The van der Waals surface area contributed by atoms with Crippen molar-refractivity contribution in [3.05, 3.63) is 53.6 Å². The van der Waals surface area contributed by atoms with Gasteiger partial charge in [0.15, 0.2) is 0 Å². The summed E-state index contributed by atoms with van der Waals surface area (Å²) in [4.78, 5) is 27.4. The Balaban J connectivity index is 2.17. The molecule has 6 heteroatoms. The van der Waals surface area contributed by atoms with Gasteiger partial charge in [0.2, 0.25) is 0 Å². The topological polar surface area (TPSA) is 55.8 Å². The predicted octanol–water partition coefficient (Wildman–Crippen LogP) is 3.96. The van der Waals surface area contributed by atoms with Crippen LogP contribution in [0.25, 0.3) is 0 Å². The van der Waals surface area contributed by atoms with Crippen molar-refractivity contribution < 1.29 is 19.2 Å². The van der Waals surface area contributed by atoms with Crippen LogP contribution in [0, 0.1) is 0 Å². The van der Waals surface area contributed by atoms with Crippen LogP contribution < -0.4 is 9.80 Å². The number of hydrogen-bond donors (Lipinski definition) is 0. The largest absolute Gasteiger partial charge is 0.456 e. The van der Waals surface area contributed by atoms with Crippen molar-refractivity contribution in [3.63, 3.8) is 0 Å². The lowest BCUT2D eigenvalue weighted by Gasteiger charge is -2.18. The number of hydrogen-bond acceptors (Lipinski definition) is 4. The fourth-order valence-electron chi connectivity index (χ4n) is 1.73. The summed E-state index contributed by atoms with van der Waals surface area (Å²) in [5, 5.41) is 1.42. The minimum absolute atomic E-state index is 0.407. The average Bonchev–Trinajstić information content (AvgIpc) is 2.48. The third-order valence-corrected chi connectivity index (χ3v) is 2.95. The summed E-state index contributed by atoms with van der Waals surface area (Å²) < 4.78 is 5.64. The van der Waals surface area contributed by atoms with Gasteiger partial charge in [-0.1, -0.05) is 23.7 Å². The number of halogens is 1. The van der Waals surface area contributed by atoms with Crippen LogP contribution in [0.3, 0.4) is 0 Å². The number of anilines is 1. The second kappa shape index (κ2) is 6.95. The lowest BCUT2D eigenvalue weighted by atomic mass is 10.3. The lowest BCUT2D eigenvalue weighted by molar-refractivity contribution is -0.147. The van der Waals surface area contributed by atoms with Crippen LogP contribution in [0.2, 0.25) is 5.02 Å². The minimum atomic E-state index is -0.577. The first-order valence-corrected chi connectivity index (χ1v) is 6.87. The Morgan fingerprint density at radius 2 is 1.64 bits per heavy atom. The Labute approximate surface area is 133 Å². The monoisotopic (exact) mass is 319 g/mol. The highest BCUT2D eigenvalue weighted by Crippen LogP contribution is 2.30. The molecule has 0 aliphatic heterocycles. The van der Waals surface area contributed by atoms with E-state index in [-0.39, 0.29) is 0 Å². The molecule has 5 nitrogen and oxygen atoms in total. The smallest absolute Gasteiger partial charge is 0.330 e. The van der Waals surface area contributed by atoms with Crippen LogP contribution in [-0.2, 0) is 14.4 Å². The van der Waals surface area contributed by atoms with E-state index in [2.05, 4.69) is 0 Å². The van der Waals surface area contributed by atoms with E-state index in [1.165, 1.54) is 13.8 Å². The summed E-state index contributed by atoms with van der Waals surface area (Å²) >= 11 is 6.02. The molecule has 0 N–H and O–H groups in total. The van der Waals surface area contributed by atoms with Crippen molar-refractivity contribution in [1.29, 1.82) is 0 Å². The Kier molecular flexibility index (Phi) is 5.01. The molecule has 0 atom stereocenters. The molecule has 2 aromatic carbocycles. The predicted molar refractivity (Wildman–Crippen MR) is 82.9 cm³/mol. The molecule has 22 heavy (non-hydrogen) atoms. The standard InChI is InChI=1S/C16H14ClNO4/c1-11(19)18(22-12(2)20)13-7-9-14(10-8-13)21-16-6-4-3-5-15(16)17/h3-10H,1-2H3. The third-order valence-electron chi connectivity index (χ3n) is 2.64. The van der Waals surface area contributed by atoms with Crippen LogP contribution >= 0.6 is 11.6 Å². The molecule has 0 unspecified atom stereocenters. The summed E-state index contributed by atoms with van der Waals surface area (Å²) in [6.07, 6.45) is 0. The van der Waals surface area contributed by atoms with Crippen LogP contribution in [-0.4, -0.2) is 11.9 Å². The van der Waals surface area contributed by atoms with E-state index >= 15 is 0 Å². The number of benzene rings is 2. The Morgan fingerprint density at radius 3 is 2.18 bits per heavy atom. The van der Waals surface area contributed by atoms with Crippen molar-refractivity contribution in [2.24, 2.45) is 0 Å². The van der Waals surface area contributed by atoms with Crippen LogP contribution in [0.4, 0.5) is 5.69 Å². The number of para-hydroxylation sites is 1. The molecule has 0 saturated carbocycles. The molecule has 0 aliphatic carbocycles. The van der Waals surface area contributed by atoms with Gasteiger partial charge in [-0.3, -0.25) is 4.79 Å². The summed E-state index contributed by atoms with van der Waals surface area (Å²) in [6, 6.07) is 13.6. The first kappa shape index (κ1) is 15.9. The number of ether oxygens (including phenoxy) is 1. The Hall–Kier alpha value is -2.53. The van der Waals surface area contributed by atoms with Gasteiger partial charge in [0.1, 0.15) is 11.5 Å². The van der Waals surface area contributed by atoms with Gasteiger partial charge in [0.05, 0.1) is 10.7 Å². The molecule has 114 valence electrons. The summed E-state index contributed by atoms with van der Waals surface area (Å²) in [7, 11) is 0. The SMILES string of the molecule is CC(=O)ON(C(C)=O)c1ccc(Oc2ccccc2Cl)cc1. The molecule has 1 amide bonds. The van der Waals surface area contributed by atoms with Gasteiger partial charge in [-0.2, -0.15) is 0 Å². The van der Waals surface area contributed by atoms with E-state index in [9.17, 15) is 9.59 Å². The maximum absolute atomic E-state index is 11.5. The lowest BCUT2D eigenvalue weighted by Crippen LogP contribution is -2.30. The molecular formula is C16H14ClNO4. The van der Waals surface area contributed by atoms with Crippen molar-refractivity contribution in [1.82, 2.24) is 0 Å². The van der Waals surface area contributed by atoms with Crippen molar-refractivity contribution in [2.75, 3.05) is 5.06 Å². The van der Waals surface area contributed by atoms with Gasteiger partial charge in [0, 0.05) is 13.8 Å². The quantitative estimate of drug-likeness (QED) is 0.803. The number of hydroxylamine groups is 1. The number of carbonyl (C=O) groups is 2. The maximum Gasteiger partial charge on any atom is 0.330 e. The highest BCUT2D eigenvalue weighted by Gasteiger charge is 2.15. The number of amides is 1. The van der Waals surface area contributed by atoms with Gasteiger partial charge < -0.3 is 9.57 Å². The number of rotatable bonds is 3. The zero-order chi connectivity index (χ0) is 16.1. The zero-order valence-corrected chi connectivity index (χ0v) is 12.8. The van der Waals surface area contributed by atoms with E-state index in [0.717, 1.165) is 5.06 Å². The summed E-state index contributed by atoms with van der Waals surface area (Å²) in [5.41, 5.74) is 0.425. The molecule has 2 aromatic rings. The van der Waals surface area contributed by atoms with E-state index in [1.807, 2.05) is 12.1 Å². The van der Waals surface area contributed by atoms with Gasteiger partial charge in [-0.05, 0) is 36.4 Å². The van der Waals surface area contributed by atoms with E-state index in [0.29, 0.717) is 22.2 Å². The molecule has 0 radical (unpaired) electrons. The molecule has 0 aliphatic rings. The highest BCUT2D eigenvalue weighted by molar-refractivity contribution is 6.32. The number of carbonyl (C=O) groups excluding carboxylic acids is 2. The molecule has 0 spiro atoms. The Morgan fingerprint density at radius 1 is 1.00 bits per heavy atom. The summed E-state index contributed by atoms with van der Waals surface area (Å²) in [5.74, 6) is 0.0880. The molecule has 0 bridgehead atoms. The van der Waals surface area contributed by atoms with Gasteiger partial charge in [-0.15, -0.1) is 5.06 Å². The highest BCUT2D eigenvalue weighted by atomic mass is 35.5. The van der Waals surface area contributed by atoms with Crippen molar-refractivity contribution in [2.45, 2.75) is 13.8 Å². The van der Waals surface area contributed by atoms with Gasteiger partial charge >= 0.3 is 5.97 Å². The first-order valence-electron chi connectivity index (χ1n) is 6.49. The van der Waals surface area contributed by atoms with E-state index < -0.39 is 11.9 Å². The normalized spacial score (nSPS) is 9.95. The molecule has 0 saturated heterocycles. The molecule has 0 aromatic heterocycles. The average molecular weight is 320 g/mol. The van der Waals surface area contributed by atoms with Gasteiger partial charge in [0.25, 0.3) is 5.91 Å². The maximum atomic E-state index is 11.5. The zero-order valence-electron chi connectivity index (χ0n) is 12.1. The second-order valence-electron chi connectivity index (χ2n) is 4.42. The fraction of sp³-hybridized carbons (Fsp3) is 0.125. The van der Waals surface area contributed by atoms with Crippen LogP contribution in [0.15, 0.2) is 48.5 Å². The van der Waals surface area contributed by atoms with Crippen LogP contribution in [0.5, 0.6) is 11.5 Å². The minimum Gasteiger partial charge on any atom is -0.456 e. The first-order chi connectivity index (χ1) is 10.5. The molecule has 2 rings (SSSR count). The number of nitrogens with zero attached hydrogens (tertiary/aromatic N) is 1. The second-order valence-corrected chi connectivity index (χ2v) is 4.83. The van der Waals surface area contributed by atoms with Crippen LogP contribution in [0.1, 0.15) is 13.8 Å².